The third kappa shape index (κ3) is 5.50. The highest BCUT2D eigenvalue weighted by atomic mass is 19.3. The van der Waals surface area contributed by atoms with E-state index >= 15 is 4.39 Å². The molecule has 3 amide bonds. The van der Waals surface area contributed by atoms with Crippen molar-refractivity contribution in [3.05, 3.63) is 70.7 Å². The molecule has 3 aliphatic heterocycles. The van der Waals surface area contributed by atoms with Gasteiger partial charge in [0.25, 0.3) is 11.8 Å². The molecule has 2 aromatic heterocycles. The van der Waals surface area contributed by atoms with Crippen LogP contribution in [0, 0.1) is 23.1 Å². The zero-order valence-corrected chi connectivity index (χ0v) is 29.1. The van der Waals surface area contributed by atoms with Crippen molar-refractivity contribution in [1.82, 2.24) is 30.3 Å². The lowest BCUT2D eigenvalue weighted by molar-refractivity contribution is -0.134. The highest BCUT2D eigenvalue weighted by Crippen LogP contribution is 2.70. The number of fused-ring (bicyclic) bond motifs is 3. The van der Waals surface area contributed by atoms with Gasteiger partial charge in [-0.15, -0.1) is 0 Å². The third-order valence-electron chi connectivity index (χ3n) is 12.7. The number of carbonyl (C=O) groups excluding carboxylic acids is 3. The SMILES string of the molecule is C[C@@]12Cc3[nH]nc(-c4cc5cc(F)c(C(=O)N6CCN(CC7CCN(c8ccc(C9CCC(=O)NC9=O)cc8)CC7)CC6)cc5[nH]4)c3C[C@@H]1C2(F)F. The maximum Gasteiger partial charge on any atom is 0.258 e. The van der Waals surface area contributed by atoms with Crippen molar-refractivity contribution in [2.24, 2.45) is 17.3 Å². The van der Waals surface area contributed by atoms with Crippen molar-refractivity contribution in [2.45, 2.75) is 57.3 Å². The quantitative estimate of drug-likeness (QED) is 0.235. The monoisotopic (exact) mass is 713 g/mol. The number of hydrogen-bond donors (Lipinski definition) is 3. The minimum absolute atomic E-state index is 0.0179. The van der Waals surface area contributed by atoms with E-state index in [9.17, 15) is 23.2 Å². The van der Waals surface area contributed by atoms with Crippen LogP contribution in [0.3, 0.4) is 0 Å². The molecule has 0 spiro atoms. The number of piperazine rings is 1. The number of piperidine rings is 2. The molecule has 13 heteroatoms. The van der Waals surface area contributed by atoms with Gasteiger partial charge in [0, 0.05) is 97.8 Å². The van der Waals surface area contributed by atoms with Gasteiger partial charge in [-0.25, -0.2) is 13.2 Å². The number of carbonyl (C=O) groups is 3. The zero-order valence-electron chi connectivity index (χ0n) is 29.1. The Balaban J connectivity index is 0.782. The van der Waals surface area contributed by atoms with Crippen LogP contribution < -0.4 is 10.2 Å². The first kappa shape index (κ1) is 33.2. The lowest BCUT2D eigenvalue weighted by Gasteiger charge is -2.39. The van der Waals surface area contributed by atoms with Crippen LogP contribution in [0.5, 0.6) is 0 Å². The second-order valence-corrected chi connectivity index (χ2v) is 15.7. The molecule has 1 unspecified atom stereocenters. The molecule has 2 aromatic carbocycles. The highest BCUT2D eigenvalue weighted by Gasteiger charge is 2.78. The van der Waals surface area contributed by atoms with Gasteiger partial charge in [-0.05, 0) is 67.5 Å². The molecule has 0 bridgehead atoms. The van der Waals surface area contributed by atoms with Gasteiger partial charge in [-0.1, -0.05) is 19.1 Å². The second-order valence-electron chi connectivity index (χ2n) is 15.7. The molecule has 10 nitrogen and oxygen atoms in total. The minimum atomic E-state index is -2.69. The summed E-state index contributed by atoms with van der Waals surface area (Å²) in [7, 11) is 0. The summed E-state index contributed by atoms with van der Waals surface area (Å²) in [5.74, 6) is -4.46. The summed E-state index contributed by atoms with van der Waals surface area (Å²) in [4.78, 5) is 47.1. The van der Waals surface area contributed by atoms with Gasteiger partial charge in [0.15, 0.2) is 0 Å². The van der Waals surface area contributed by atoms with E-state index in [-0.39, 0.29) is 42.0 Å². The largest absolute Gasteiger partial charge is 0.372 e. The lowest BCUT2D eigenvalue weighted by atomic mass is 9.87. The smallest absolute Gasteiger partial charge is 0.258 e. The number of halogens is 3. The summed E-state index contributed by atoms with van der Waals surface area (Å²) >= 11 is 0. The van der Waals surface area contributed by atoms with Gasteiger partial charge in [-0.3, -0.25) is 29.7 Å². The fourth-order valence-corrected chi connectivity index (χ4v) is 9.25. The number of H-pyrrole nitrogens is 2. The van der Waals surface area contributed by atoms with E-state index in [2.05, 4.69) is 42.4 Å². The Morgan fingerprint density at radius 2 is 1.73 bits per heavy atom. The van der Waals surface area contributed by atoms with Crippen molar-refractivity contribution in [3.8, 4) is 11.4 Å². The zero-order chi connectivity index (χ0) is 35.9. The molecule has 5 heterocycles. The maximum absolute atomic E-state index is 15.4. The Morgan fingerprint density at radius 1 is 0.981 bits per heavy atom. The number of aromatic nitrogens is 3. The first-order chi connectivity index (χ1) is 25.0. The topological polar surface area (TPSA) is 117 Å². The molecule has 9 rings (SSSR count). The molecule has 2 aliphatic carbocycles. The average Bonchev–Trinajstić information content (AvgIpc) is 3.50. The van der Waals surface area contributed by atoms with Crippen LogP contribution in [0.1, 0.15) is 65.7 Å². The van der Waals surface area contributed by atoms with Crippen LogP contribution in [0.25, 0.3) is 22.3 Å². The van der Waals surface area contributed by atoms with Crippen molar-refractivity contribution in [1.29, 1.82) is 0 Å². The summed E-state index contributed by atoms with van der Waals surface area (Å²) in [5, 5.41) is 10.4. The molecule has 3 N–H and O–H groups in total. The second kappa shape index (κ2) is 12.2. The molecule has 4 aromatic rings. The number of nitrogens with one attached hydrogen (secondary N) is 3. The summed E-state index contributed by atoms with van der Waals surface area (Å²) in [6, 6.07) is 12.8. The van der Waals surface area contributed by atoms with Crippen LogP contribution in [0.2, 0.25) is 0 Å². The number of anilines is 1. The predicted molar refractivity (Wildman–Crippen MR) is 189 cm³/mol. The Hall–Kier alpha value is -4.65. The Labute approximate surface area is 299 Å². The predicted octanol–water partition coefficient (Wildman–Crippen LogP) is 5.26. The Bertz CT molecular complexity index is 2080. The van der Waals surface area contributed by atoms with E-state index in [1.807, 2.05) is 12.1 Å². The molecular formula is C39H42F3N7O3. The highest BCUT2D eigenvalue weighted by molar-refractivity contribution is 6.01. The van der Waals surface area contributed by atoms with Crippen LogP contribution in [-0.4, -0.2) is 94.4 Å². The molecule has 4 fully saturated rings. The number of benzene rings is 2. The fourth-order valence-electron chi connectivity index (χ4n) is 9.25. The number of aromatic amines is 2. The summed E-state index contributed by atoms with van der Waals surface area (Å²) < 4.78 is 44.3. The van der Waals surface area contributed by atoms with E-state index in [4.69, 9.17) is 0 Å². The molecule has 272 valence electrons. The number of hydrogen-bond acceptors (Lipinski definition) is 6. The van der Waals surface area contributed by atoms with Gasteiger partial charge < -0.3 is 14.8 Å². The van der Waals surface area contributed by atoms with Crippen LogP contribution in [0.15, 0.2) is 42.5 Å². The van der Waals surface area contributed by atoms with Crippen molar-refractivity contribution in [2.75, 3.05) is 50.7 Å². The number of alkyl halides is 2. The molecule has 5 aliphatic rings. The molecular weight excluding hydrogens is 671 g/mol. The first-order valence-corrected chi connectivity index (χ1v) is 18.5. The summed E-state index contributed by atoms with van der Waals surface area (Å²) in [6.07, 6.45) is 3.53. The van der Waals surface area contributed by atoms with Crippen molar-refractivity contribution >= 4 is 34.3 Å². The van der Waals surface area contributed by atoms with Gasteiger partial charge >= 0.3 is 0 Å². The number of rotatable bonds is 6. The minimum Gasteiger partial charge on any atom is -0.372 e. The summed E-state index contributed by atoms with van der Waals surface area (Å²) in [5.41, 5.74) is 4.38. The number of nitrogens with zero attached hydrogens (tertiary/aromatic N) is 4. The normalized spacial score (nSPS) is 26.3. The van der Waals surface area contributed by atoms with Gasteiger partial charge in [0.05, 0.1) is 17.2 Å². The molecule has 1 saturated carbocycles. The Morgan fingerprint density at radius 3 is 2.46 bits per heavy atom. The van der Waals surface area contributed by atoms with Crippen LogP contribution in [0.4, 0.5) is 18.9 Å². The van der Waals surface area contributed by atoms with Crippen molar-refractivity contribution < 1.29 is 27.6 Å². The standard InChI is InChI=1S/C39H42F3N7O3/c1-38-20-32-28(19-33(38)39(38,41)42)35(46-45-32)31-17-24-16-29(40)27(18-30(24)43-31)37(52)49-14-12-47(13-15-49)21-22-8-10-48(11-9-22)25-4-2-23(3-5-25)26-6-7-34(50)44-36(26)51/h2-5,16-18,22,26,33,43H,6-15,19-21H2,1H3,(H,45,46)(H,44,50,51)/t26?,33-,38+/m0/s1. The van der Waals surface area contributed by atoms with Gasteiger partial charge in [-0.2, -0.15) is 5.10 Å². The molecule has 52 heavy (non-hydrogen) atoms. The van der Waals surface area contributed by atoms with E-state index in [0.29, 0.717) is 54.1 Å². The first-order valence-electron chi connectivity index (χ1n) is 18.5. The van der Waals surface area contributed by atoms with Crippen molar-refractivity contribution in [3.63, 3.8) is 0 Å². The van der Waals surface area contributed by atoms with E-state index < -0.39 is 23.1 Å². The Kier molecular flexibility index (Phi) is 7.80. The lowest BCUT2D eigenvalue weighted by Crippen LogP contribution is -2.50. The van der Waals surface area contributed by atoms with Crippen LogP contribution in [-0.2, 0) is 22.4 Å². The summed E-state index contributed by atoms with van der Waals surface area (Å²) in [6.45, 7) is 6.99. The molecule has 3 saturated heterocycles. The number of amides is 3. The molecule has 3 atom stereocenters. The fraction of sp³-hybridized carbons (Fsp3) is 0.487. The van der Waals surface area contributed by atoms with E-state index in [1.165, 1.54) is 6.07 Å². The molecule has 0 radical (unpaired) electrons. The average molecular weight is 714 g/mol. The van der Waals surface area contributed by atoms with Gasteiger partial charge in [0.1, 0.15) is 11.5 Å². The van der Waals surface area contributed by atoms with Crippen LogP contribution >= 0.6 is 0 Å². The third-order valence-corrected chi connectivity index (χ3v) is 12.7. The van der Waals surface area contributed by atoms with E-state index in [0.717, 1.165) is 68.1 Å². The van der Waals surface area contributed by atoms with E-state index in [1.54, 1.807) is 24.0 Å². The van der Waals surface area contributed by atoms with Gasteiger partial charge in [0.2, 0.25) is 11.8 Å². The number of imide groups is 1. The maximum atomic E-state index is 15.4.